The Morgan fingerprint density at radius 2 is 1.12 bits per heavy atom. The highest BCUT2D eigenvalue weighted by Crippen LogP contribution is 2.21. The number of unbranched alkanes of at least 4 members (excludes halogenated alkanes) is 3. The summed E-state index contributed by atoms with van der Waals surface area (Å²) in [5, 5.41) is 44.0. The van der Waals surface area contributed by atoms with E-state index in [4.69, 9.17) is 40.1 Å². The van der Waals surface area contributed by atoms with E-state index in [1.165, 1.54) is 11.8 Å². The van der Waals surface area contributed by atoms with Crippen LogP contribution in [0.15, 0.2) is 4.99 Å². The van der Waals surface area contributed by atoms with Gasteiger partial charge in [0.1, 0.15) is 42.3 Å². The quantitative estimate of drug-likeness (QED) is 0.0162. The number of nitrogens with one attached hydrogen (secondary N) is 6. The minimum atomic E-state index is -1.78. The maximum atomic E-state index is 14.0. The fourth-order valence-corrected chi connectivity index (χ4v) is 7.03. The first-order valence-electron chi connectivity index (χ1n) is 22.6. The summed E-state index contributed by atoms with van der Waals surface area (Å²) in [6.45, 7) is 1.37. The zero-order chi connectivity index (χ0) is 50.6. The third kappa shape index (κ3) is 22.1. The molecule has 0 spiro atoms. The van der Waals surface area contributed by atoms with E-state index in [1.54, 1.807) is 0 Å². The molecule has 1 fully saturated rings. The summed E-state index contributed by atoms with van der Waals surface area (Å²) in [5.74, 6) is -8.73. The van der Waals surface area contributed by atoms with Crippen molar-refractivity contribution in [2.75, 3.05) is 39.3 Å². The highest BCUT2D eigenvalue weighted by molar-refractivity contribution is 5.98. The fourth-order valence-electron chi connectivity index (χ4n) is 7.03. The van der Waals surface area contributed by atoms with Gasteiger partial charge in [0.15, 0.2) is 5.96 Å². The Hall–Kier alpha value is -5.74. The number of carboxylic acids is 1. The molecule has 1 saturated heterocycles. The number of carbonyl (C=O) groups is 9. The van der Waals surface area contributed by atoms with Crippen LogP contribution in [0.4, 0.5) is 0 Å². The average molecular weight is 958 g/mol. The van der Waals surface area contributed by atoms with Gasteiger partial charge in [-0.25, -0.2) is 4.79 Å². The van der Waals surface area contributed by atoms with Crippen molar-refractivity contribution in [3.8, 4) is 0 Å². The molecule has 0 aromatic rings. The molecule has 9 atom stereocenters. The first-order chi connectivity index (χ1) is 31.7. The molecule has 67 heavy (non-hydrogen) atoms. The number of carboxylic acid groups (broad SMARTS) is 1. The number of likely N-dealkylation sites (tertiary alicyclic amines) is 1. The van der Waals surface area contributed by atoms with Gasteiger partial charge in [0.05, 0.1) is 25.2 Å². The van der Waals surface area contributed by atoms with Crippen molar-refractivity contribution in [2.45, 2.75) is 151 Å². The number of aliphatic imine (C=N–C) groups is 1. The van der Waals surface area contributed by atoms with Gasteiger partial charge < -0.3 is 92.3 Å². The largest absolute Gasteiger partial charge is 0.480 e. The van der Waals surface area contributed by atoms with Gasteiger partial charge in [-0.15, -0.1) is 0 Å². The van der Waals surface area contributed by atoms with Crippen LogP contribution in [0.25, 0.3) is 0 Å². The molecule has 1 aliphatic heterocycles. The Balaban J connectivity index is 3.32. The van der Waals surface area contributed by atoms with Crippen LogP contribution < -0.4 is 72.0 Å². The zero-order valence-electron chi connectivity index (χ0n) is 38.3. The van der Waals surface area contributed by atoms with E-state index in [0.29, 0.717) is 51.5 Å². The summed E-state index contributed by atoms with van der Waals surface area (Å²) in [6, 6.07) is -11.1. The maximum absolute atomic E-state index is 14.0. The van der Waals surface area contributed by atoms with Crippen LogP contribution in [0.5, 0.6) is 0 Å². The molecular formula is C40H75N15O12. The summed E-state index contributed by atoms with van der Waals surface area (Å²) >= 11 is 0. The van der Waals surface area contributed by atoms with E-state index < -0.39 is 121 Å². The predicted molar refractivity (Wildman–Crippen MR) is 243 cm³/mol. The number of amides is 8. The third-order valence-corrected chi connectivity index (χ3v) is 10.8. The summed E-state index contributed by atoms with van der Waals surface area (Å²) in [6.07, 6.45) is 1.39. The van der Waals surface area contributed by atoms with Gasteiger partial charge in [0, 0.05) is 13.1 Å². The van der Waals surface area contributed by atoms with E-state index in [9.17, 15) is 58.5 Å². The monoisotopic (exact) mass is 958 g/mol. The number of nitrogens with two attached hydrogens (primary N) is 7. The predicted octanol–water partition coefficient (Wildman–Crippen LogP) is -7.01. The Bertz CT molecular complexity index is 1670. The molecule has 0 aliphatic carbocycles. The van der Waals surface area contributed by atoms with E-state index in [1.807, 2.05) is 5.32 Å². The van der Waals surface area contributed by atoms with Crippen molar-refractivity contribution in [3.05, 3.63) is 0 Å². The number of hydrogen-bond acceptors (Lipinski definition) is 16. The summed E-state index contributed by atoms with van der Waals surface area (Å²) in [5.41, 5.74) is 39.1. The van der Waals surface area contributed by atoms with Crippen molar-refractivity contribution in [3.63, 3.8) is 0 Å². The Kier molecular flexibility index (Phi) is 28.4. The summed E-state index contributed by atoms with van der Waals surface area (Å²) in [7, 11) is 0. The molecule has 0 aromatic heterocycles. The molecule has 9 unspecified atom stereocenters. The standard InChI is InChI=1S/C40H75N15O12/c1-22(57)31(54-36(63)29-14-9-19-55(29)38(65)26(13-4-7-17-43)51-32(59)23(44)10-8-18-48-40(46)47)37(64)50-25(12-3-6-16-42)33(60)49-24(11-2-5-15-41)34(61)52-27(20-30(45)58)35(62)53-28(21-56)39(66)67/h22-29,31,56-57H,2-21,41-44H2,1H3,(H2,45,58)(H,49,60)(H,50,64)(H,51,59)(H,52,61)(H,53,62)(H,54,63)(H,66,67)(H4,46,47,48). The van der Waals surface area contributed by atoms with Crippen LogP contribution in [-0.4, -0.2) is 173 Å². The molecule has 0 radical (unpaired) electrons. The first-order valence-corrected chi connectivity index (χ1v) is 22.6. The molecule has 0 bridgehead atoms. The Morgan fingerprint density at radius 1 is 0.642 bits per heavy atom. The maximum Gasteiger partial charge on any atom is 0.328 e. The molecule has 0 saturated carbocycles. The van der Waals surface area contributed by atoms with Crippen LogP contribution in [0, 0.1) is 0 Å². The van der Waals surface area contributed by atoms with Crippen LogP contribution >= 0.6 is 0 Å². The normalized spacial score (nSPS) is 16.9. The second-order valence-corrected chi connectivity index (χ2v) is 16.3. The number of rotatable bonds is 34. The van der Waals surface area contributed by atoms with Gasteiger partial charge in [0.25, 0.3) is 0 Å². The van der Waals surface area contributed by atoms with Crippen molar-refractivity contribution >= 4 is 59.2 Å². The number of aliphatic hydroxyl groups is 2. The van der Waals surface area contributed by atoms with Gasteiger partial charge in [-0.2, -0.15) is 0 Å². The number of guanidine groups is 1. The van der Waals surface area contributed by atoms with Gasteiger partial charge >= 0.3 is 5.97 Å². The van der Waals surface area contributed by atoms with E-state index in [2.05, 4.69) is 31.6 Å². The van der Waals surface area contributed by atoms with Crippen LogP contribution in [0.2, 0.25) is 0 Å². The van der Waals surface area contributed by atoms with Crippen molar-refractivity contribution in [1.82, 2.24) is 36.8 Å². The highest BCUT2D eigenvalue weighted by atomic mass is 16.4. The molecule has 1 heterocycles. The van der Waals surface area contributed by atoms with Crippen molar-refractivity contribution in [2.24, 2.45) is 45.1 Å². The minimum absolute atomic E-state index is 0.0288. The van der Waals surface area contributed by atoms with Gasteiger partial charge in [-0.05, 0) is 110 Å². The molecule has 0 aromatic carbocycles. The first kappa shape index (κ1) is 59.3. The number of carbonyl (C=O) groups excluding carboxylic acids is 8. The lowest BCUT2D eigenvalue weighted by molar-refractivity contribution is -0.143. The third-order valence-electron chi connectivity index (χ3n) is 10.8. The van der Waals surface area contributed by atoms with Crippen molar-refractivity contribution < 1.29 is 58.5 Å². The van der Waals surface area contributed by atoms with E-state index >= 15 is 0 Å². The smallest absolute Gasteiger partial charge is 0.328 e. The lowest BCUT2D eigenvalue weighted by atomic mass is 10.0. The summed E-state index contributed by atoms with van der Waals surface area (Å²) in [4.78, 5) is 124. The molecule has 27 nitrogen and oxygen atoms in total. The van der Waals surface area contributed by atoms with Gasteiger partial charge in [-0.3, -0.25) is 43.3 Å². The highest BCUT2D eigenvalue weighted by Gasteiger charge is 2.40. The number of primary amides is 1. The molecular weight excluding hydrogens is 883 g/mol. The fraction of sp³-hybridized carbons (Fsp3) is 0.750. The topological polar surface area (TPSA) is 484 Å². The molecule has 1 aliphatic rings. The molecule has 382 valence electrons. The lowest BCUT2D eigenvalue weighted by Crippen LogP contribution is -2.61. The van der Waals surface area contributed by atoms with Gasteiger partial charge in [0.2, 0.25) is 47.3 Å². The van der Waals surface area contributed by atoms with Crippen LogP contribution in [0.3, 0.4) is 0 Å². The second-order valence-electron chi connectivity index (χ2n) is 16.3. The number of hydrogen-bond donors (Lipinski definition) is 16. The zero-order valence-corrected chi connectivity index (χ0v) is 38.3. The molecule has 1 rings (SSSR count). The Morgan fingerprint density at radius 3 is 1.60 bits per heavy atom. The Labute approximate surface area is 389 Å². The lowest BCUT2D eigenvalue weighted by Gasteiger charge is -2.31. The molecule has 23 N–H and O–H groups in total. The van der Waals surface area contributed by atoms with E-state index in [0.717, 1.165) is 0 Å². The van der Waals surface area contributed by atoms with Crippen molar-refractivity contribution in [1.29, 1.82) is 0 Å². The number of aliphatic carboxylic acids is 1. The average Bonchev–Trinajstić information content (AvgIpc) is 3.77. The van der Waals surface area contributed by atoms with Gasteiger partial charge in [-0.1, -0.05) is 0 Å². The number of nitrogens with zero attached hydrogens (tertiary/aromatic N) is 2. The minimum Gasteiger partial charge on any atom is -0.480 e. The van der Waals surface area contributed by atoms with Crippen LogP contribution in [0.1, 0.15) is 96.8 Å². The van der Waals surface area contributed by atoms with Crippen LogP contribution in [-0.2, 0) is 43.2 Å². The molecule has 27 heteroatoms. The SMILES string of the molecule is CC(O)C(NC(=O)C1CCCN1C(=O)C(CCCCN)NC(=O)C(N)CCCN=C(N)N)C(=O)NC(CCCCN)C(=O)NC(CCCCN)C(=O)NC(CC(N)=O)C(=O)NC(CO)C(=O)O. The molecule has 8 amide bonds. The number of aliphatic hydroxyl groups excluding tert-OH is 2. The summed E-state index contributed by atoms with van der Waals surface area (Å²) < 4.78 is 0. The van der Waals surface area contributed by atoms with E-state index in [-0.39, 0.29) is 70.7 Å². The second kappa shape index (κ2) is 32.0.